The second-order valence-corrected chi connectivity index (χ2v) is 6.17. The van der Waals surface area contributed by atoms with E-state index in [1.165, 1.54) is 6.08 Å². The van der Waals surface area contributed by atoms with E-state index in [-0.39, 0.29) is 11.2 Å². The van der Waals surface area contributed by atoms with Crippen molar-refractivity contribution in [1.29, 1.82) is 0 Å². The number of rotatable bonds is 6. The minimum atomic E-state index is -3.90. The lowest BCUT2D eigenvalue weighted by molar-refractivity contribution is 0.177. The Labute approximate surface area is 108 Å². The Bertz CT molecular complexity index is 465. The summed E-state index contributed by atoms with van der Waals surface area (Å²) in [6, 6.07) is 8.86. The van der Waals surface area contributed by atoms with Crippen LogP contribution in [0.3, 0.4) is 0 Å². The molecule has 0 aromatic heterocycles. The van der Waals surface area contributed by atoms with Gasteiger partial charge in [-0.15, -0.1) is 6.58 Å². The Kier molecular flexibility index (Phi) is 5.09. The average molecular weight is 266 g/mol. The fourth-order valence-corrected chi connectivity index (χ4v) is 2.72. The van der Waals surface area contributed by atoms with Gasteiger partial charge in [0.1, 0.15) is 0 Å². The van der Waals surface area contributed by atoms with E-state index in [0.29, 0.717) is 5.56 Å². The van der Waals surface area contributed by atoms with Gasteiger partial charge in [-0.05, 0) is 11.5 Å². The molecule has 0 bridgehead atoms. The maximum Gasteiger partial charge on any atom is 0.359 e. The van der Waals surface area contributed by atoms with Gasteiger partial charge >= 0.3 is 7.60 Å². The molecule has 0 amide bonds. The molecule has 0 saturated carbocycles. The van der Waals surface area contributed by atoms with Gasteiger partial charge in [-0.3, -0.25) is 9.09 Å². The van der Waals surface area contributed by atoms with E-state index < -0.39 is 13.7 Å². The van der Waals surface area contributed by atoms with Crippen molar-refractivity contribution >= 4 is 12.9 Å². The Morgan fingerprint density at radius 2 is 1.94 bits per heavy atom. The van der Waals surface area contributed by atoms with Crippen LogP contribution in [0.4, 0.5) is 0 Å². The summed E-state index contributed by atoms with van der Waals surface area (Å²) in [6.45, 7) is 11.1. The second-order valence-electron chi connectivity index (χ2n) is 4.38. The molecule has 0 spiro atoms. The molecule has 2 unspecified atom stereocenters. The summed E-state index contributed by atoms with van der Waals surface area (Å²) in [7, 11) is -3.90. The van der Waals surface area contributed by atoms with Crippen LogP contribution in [0.2, 0.25) is 0 Å². The second kappa shape index (κ2) is 6.14. The Hall–Kier alpha value is -1.15. The van der Waals surface area contributed by atoms with Gasteiger partial charge < -0.3 is 4.89 Å². The van der Waals surface area contributed by atoms with Crippen LogP contribution in [0.1, 0.15) is 19.4 Å². The first-order chi connectivity index (χ1) is 8.38. The highest BCUT2D eigenvalue weighted by molar-refractivity contribution is 7.64. The van der Waals surface area contributed by atoms with E-state index >= 15 is 0 Å². The predicted octanol–water partition coefficient (Wildman–Crippen LogP) is 4.07. The lowest BCUT2D eigenvalue weighted by atomic mass is 10.1. The van der Waals surface area contributed by atoms with Gasteiger partial charge in [-0.1, -0.05) is 56.8 Å². The third kappa shape index (κ3) is 3.67. The average Bonchev–Trinajstić information content (AvgIpc) is 2.35. The SMILES string of the molecule is C=CC(OP(=O)(O)C(=C)c1ccccc1)C(C)C. The smallest absolute Gasteiger partial charge is 0.321 e. The van der Waals surface area contributed by atoms with Crippen molar-refractivity contribution in [2.24, 2.45) is 5.92 Å². The molecular formula is C14H19O3P. The van der Waals surface area contributed by atoms with E-state index in [2.05, 4.69) is 13.2 Å². The van der Waals surface area contributed by atoms with E-state index in [1.807, 2.05) is 19.9 Å². The van der Waals surface area contributed by atoms with Crippen LogP contribution < -0.4 is 0 Å². The topological polar surface area (TPSA) is 46.5 Å². The molecule has 0 aliphatic rings. The zero-order chi connectivity index (χ0) is 13.8. The van der Waals surface area contributed by atoms with Crippen molar-refractivity contribution in [3.63, 3.8) is 0 Å². The molecular weight excluding hydrogens is 247 g/mol. The monoisotopic (exact) mass is 266 g/mol. The molecule has 0 heterocycles. The zero-order valence-corrected chi connectivity index (χ0v) is 11.6. The molecule has 0 aliphatic heterocycles. The lowest BCUT2D eigenvalue weighted by Gasteiger charge is -2.22. The standard InChI is InChI=1S/C14H19O3P/c1-5-14(11(2)3)17-18(15,16)12(4)13-9-7-6-8-10-13/h5-11,14H,1,4H2,2-3H3,(H,15,16). The Morgan fingerprint density at radius 1 is 1.39 bits per heavy atom. The van der Waals surface area contributed by atoms with Gasteiger partial charge in [0.2, 0.25) is 0 Å². The molecule has 0 aliphatic carbocycles. The lowest BCUT2D eigenvalue weighted by Crippen LogP contribution is -2.15. The van der Waals surface area contributed by atoms with Crippen LogP contribution in [0.25, 0.3) is 5.31 Å². The molecule has 1 aromatic carbocycles. The zero-order valence-electron chi connectivity index (χ0n) is 10.7. The Morgan fingerprint density at radius 3 is 2.39 bits per heavy atom. The van der Waals surface area contributed by atoms with Crippen molar-refractivity contribution in [3.8, 4) is 0 Å². The molecule has 3 nitrogen and oxygen atoms in total. The van der Waals surface area contributed by atoms with Crippen molar-refractivity contribution in [1.82, 2.24) is 0 Å². The summed E-state index contributed by atoms with van der Waals surface area (Å²) >= 11 is 0. The molecule has 1 N–H and O–H groups in total. The van der Waals surface area contributed by atoms with Crippen LogP contribution >= 0.6 is 7.60 Å². The molecule has 0 saturated heterocycles. The molecule has 4 heteroatoms. The maximum atomic E-state index is 12.2. The number of hydrogen-bond acceptors (Lipinski definition) is 2. The number of benzene rings is 1. The van der Waals surface area contributed by atoms with E-state index in [9.17, 15) is 9.46 Å². The van der Waals surface area contributed by atoms with Gasteiger partial charge in [-0.25, -0.2) is 0 Å². The van der Waals surface area contributed by atoms with Crippen LogP contribution in [0, 0.1) is 5.92 Å². The molecule has 0 fully saturated rings. The van der Waals surface area contributed by atoms with Crippen LogP contribution in [-0.4, -0.2) is 11.0 Å². The molecule has 1 aromatic rings. The predicted molar refractivity (Wildman–Crippen MR) is 75.2 cm³/mol. The third-order valence-corrected chi connectivity index (χ3v) is 4.07. The fraction of sp³-hybridized carbons (Fsp3) is 0.286. The summed E-state index contributed by atoms with van der Waals surface area (Å²) in [5.41, 5.74) is 0.606. The van der Waals surface area contributed by atoms with Crippen LogP contribution in [0.15, 0.2) is 49.6 Å². The summed E-state index contributed by atoms with van der Waals surface area (Å²) in [5, 5.41) is 0.107. The van der Waals surface area contributed by atoms with Gasteiger partial charge in [-0.2, -0.15) is 0 Å². The van der Waals surface area contributed by atoms with E-state index in [0.717, 1.165) is 0 Å². The molecule has 1 rings (SSSR count). The maximum absolute atomic E-state index is 12.2. The van der Waals surface area contributed by atoms with Crippen molar-refractivity contribution in [2.75, 3.05) is 0 Å². The minimum absolute atomic E-state index is 0.0755. The minimum Gasteiger partial charge on any atom is -0.321 e. The quantitative estimate of drug-likeness (QED) is 0.623. The molecule has 18 heavy (non-hydrogen) atoms. The number of hydrogen-bond donors (Lipinski definition) is 1. The summed E-state index contributed by atoms with van der Waals surface area (Å²) in [5.74, 6) is 0.0755. The Balaban J connectivity index is 2.90. The highest BCUT2D eigenvalue weighted by Crippen LogP contribution is 2.56. The summed E-state index contributed by atoms with van der Waals surface area (Å²) in [6.07, 6.45) is 1.06. The van der Waals surface area contributed by atoms with Crippen LogP contribution in [-0.2, 0) is 9.09 Å². The van der Waals surface area contributed by atoms with Crippen molar-refractivity contribution < 1.29 is 14.0 Å². The van der Waals surface area contributed by atoms with Gasteiger partial charge in [0.15, 0.2) is 0 Å². The first-order valence-electron chi connectivity index (χ1n) is 5.77. The first kappa shape index (κ1) is 14.9. The third-order valence-electron chi connectivity index (χ3n) is 2.60. The van der Waals surface area contributed by atoms with Gasteiger partial charge in [0, 0.05) is 0 Å². The summed E-state index contributed by atoms with van der Waals surface area (Å²) in [4.78, 5) is 9.97. The van der Waals surface area contributed by atoms with Crippen LogP contribution in [0.5, 0.6) is 0 Å². The fourth-order valence-electron chi connectivity index (χ4n) is 1.46. The normalized spacial score (nSPS) is 16.0. The van der Waals surface area contributed by atoms with Crippen molar-refractivity contribution in [3.05, 3.63) is 55.1 Å². The summed E-state index contributed by atoms with van der Waals surface area (Å²) < 4.78 is 17.4. The van der Waals surface area contributed by atoms with Gasteiger partial charge in [0.05, 0.1) is 11.4 Å². The molecule has 2 atom stereocenters. The van der Waals surface area contributed by atoms with Crippen molar-refractivity contribution in [2.45, 2.75) is 20.0 Å². The first-order valence-corrected chi connectivity index (χ1v) is 7.35. The van der Waals surface area contributed by atoms with E-state index in [4.69, 9.17) is 4.52 Å². The highest BCUT2D eigenvalue weighted by Gasteiger charge is 2.29. The molecule has 98 valence electrons. The van der Waals surface area contributed by atoms with Gasteiger partial charge in [0.25, 0.3) is 0 Å². The van der Waals surface area contributed by atoms with E-state index in [1.54, 1.807) is 24.3 Å². The highest BCUT2D eigenvalue weighted by atomic mass is 31.2. The largest absolute Gasteiger partial charge is 0.359 e. The molecule has 0 radical (unpaired) electrons.